The zero-order chi connectivity index (χ0) is 18.1. The van der Waals surface area contributed by atoms with E-state index in [9.17, 15) is 4.79 Å². The van der Waals surface area contributed by atoms with E-state index in [0.717, 1.165) is 21.7 Å². The lowest BCUT2D eigenvalue weighted by molar-refractivity contribution is 0.0473. The number of fused-ring (bicyclic) bond motifs is 2. The average Bonchev–Trinajstić information content (AvgIpc) is 2.65. The molecule has 128 valence electrons. The zero-order valence-corrected chi connectivity index (χ0v) is 15.0. The van der Waals surface area contributed by atoms with Crippen molar-refractivity contribution < 1.29 is 9.53 Å². The summed E-state index contributed by atoms with van der Waals surface area (Å²) in [5.74, 6) is -0.295. The van der Waals surface area contributed by atoms with Crippen LogP contribution in [0.1, 0.15) is 27.0 Å². The summed E-state index contributed by atoms with van der Waals surface area (Å²) in [6.45, 7) is 4.42. The van der Waals surface area contributed by atoms with Gasteiger partial charge in [0.25, 0.3) is 0 Å². The molecule has 0 aromatic heterocycles. The Kier molecular flexibility index (Phi) is 4.18. The molecule has 0 unspecified atom stereocenters. The maximum atomic E-state index is 12.4. The molecule has 0 atom stereocenters. The summed E-state index contributed by atoms with van der Waals surface area (Å²) in [6.07, 6.45) is 0. The fraction of sp³-hybridized carbons (Fsp3) is 0.125. The monoisotopic (exact) mass is 340 g/mol. The van der Waals surface area contributed by atoms with Gasteiger partial charge in [-0.15, -0.1) is 0 Å². The first kappa shape index (κ1) is 16.3. The fourth-order valence-electron chi connectivity index (χ4n) is 3.23. The van der Waals surface area contributed by atoms with Gasteiger partial charge in [0.1, 0.15) is 6.61 Å². The number of aryl methyl sites for hydroxylation is 2. The standard InChI is InChI=1S/C24H20O2/c1-16-3-6-21-13-18(5-8-19(21)11-16)15-26-24(25)23-10-9-20-12-17(2)4-7-22(20)14-23/h3-14H,15H2,1-2H3. The van der Waals surface area contributed by atoms with Crippen LogP contribution in [0.15, 0.2) is 72.8 Å². The quantitative estimate of drug-likeness (QED) is 0.430. The van der Waals surface area contributed by atoms with Crippen LogP contribution >= 0.6 is 0 Å². The summed E-state index contributed by atoms with van der Waals surface area (Å²) >= 11 is 0. The Morgan fingerprint density at radius 2 is 1.23 bits per heavy atom. The number of hydrogen-bond acceptors (Lipinski definition) is 2. The summed E-state index contributed by atoms with van der Waals surface area (Å²) < 4.78 is 5.52. The van der Waals surface area contributed by atoms with Crippen LogP contribution in [-0.2, 0) is 11.3 Å². The molecule has 0 aliphatic rings. The van der Waals surface area contributed by atoms with Crippen molar-refractivity contribution in [1.29, 1.82) is 0 Å². The van der Waals surface area contributed by atoms with Gasteiger partial charge in [-0.1, -0.05) is 65.7 Å². The number of rotatable bonds is 3. The van der Waals surface area contributed by atoms with Gasteiger partial charge in [0, 0.05) is 0 Å². The highest BCUT2D eigenvalue weighted by molar-refractivity contribution is 5.95. The normalized spacial score (nSPS) is 11.0. The Labute approximate surface area is 153 Å². The molecule has 4 aromatic rings. The van der Waals surface area contributed by atoms with Gasteiger partial charge in [0.15, 0.2) is 0 Å². The van der Waals surface area contributed by atoms with E-state index in [1.165, 1.54) is 16.5 Å². The largest absolute Gasteiger partial charge is 0.457 e. The van der Waals surface area contributed by atoms with Crippen LogP contribution in [0.4, 0.5) is 0 Å². The lowest BCUT2D eigenvalue weighted by Crippen LogP contribution is -2.05. The summed E-state index contributed by atoms with van der Waals surface area (Å²) in [5.41, 5.74) is 4.02. The fourth-order valence-corrected chi connectivity index (χ4v) is 3.23. The molecule has 4 rings (SSSR count). The predicted molar refractivity (Wildman–Crippen MR) is 106 cm³/mol. The van der Waals surface area contributed by atoms with Crippen molar-refractivity contribution in [3.63, 3.8) is 0 Å². The van der Waals surface area contributed by atoms with Crippen LogP contribution in [0, 0.1) is 13.8 Å². The molecule has 0 N–H and O–H groups in total. The van der Waals surface area contributed by atoms with Crippen molar-refractivity contribution in [2.24, 2.45) is 0 Å². The Morgan fingerprint density at radius 1 is 0.692 bits per heavy atom. The molecular formula is C24H20O2. The number of carbonyl (C=O) groups is 1. The van der Waals surface area contributed by atoms with Crippen LogP contribution < -0.4 is 0 Å². The Hall–Kier alpha value is -3.13. The number of carbonyl (C=O) groups excluding carboxylic acids is 1. The van der Waals surface area contributed by atoms with Gasteiger partial charge in [-0.25, -0.2) is 4.79 Å². The summed E-state index contributed by atoms with van der Waals surface area (Å²) in [6, 6.07) is 24.4. The van der Waals surface area contributed by atoms with E-state index in [4.69, 9.17) is 4.74 Å². The molecule has 0 amide bonds. The van der Waals surface area contributed by atoms with E-state index in [0.29, 0.717) is 5.56 Å². The first-order valence-corrected chi connectivity index (χ1v) is 8.75. The second kappa shape index (κ2) is 6.64. The van der Waals surface area contributed by atoms with Gasteiger partial charge >= 0.3 is 5.97 Å². The molecule has 2 nitrogen and oxygen atoms in total. The number of ether oxygens (including phenoxy) is 1. The van der Waals surface area contributed by atoms with E-state index < -0.39 is 0 Å². The first-order chi connectivity index (χ1) is 12.6. The molecule has 0 fully saturated rings. The smallest absolute Gasteiger partial charge is 0.338 e. The van der Waals surface area contributed by atoms with Crippen LogP contribution in [0.3, 0.4) is 0 Å². The van der Waals surface area contributed by atoms with Gasteiger partial charge in [-0.3, -0.25) is 0 Å². The third-order valence-electron chi connectivity index (χ3n) is 4.66. The van der Waals surface area contributed by atoms with E-state index in [2.05, 4.69) is 50.2 Å². The molecule has 26 heavy (non-hydrogen) atoms. The van der Waals surface area contributed by atoms with E-state index in [1.807, 2.05) is 36.4 Å². The van der Waals surface area contributed by atoms with Crippen LogP contribution in [0.2, 0.25) is 0 Å². The highest BCUT2D eigenvalue weighted by Gasteiger charge is 2.09. The molecule has 0 aliphatic heterocycles. The minimum atomic E-state index is -0.295. The Bertz CT molecular complexity index is 1130. The second-order valence-electron chi connectivity index (χ2n) is 6.83. The number of benzene rings is 4. The molecule has 0 saturated heterocycles. The van der Waals surface area contributed by atoms with E-state index in [-0.39, 0.29) is 12.6 Å². The molecule has 0 bridgehead atoms. The Morgan fingerprint density at radius 3 is 1.92 bits per heavy atom. The van der Waals surface area contributed by atoms with Crippen LogP contribution in [0.25, 0.3) is 21.5 Å². The van der Waals surface area contributed by atoms with E-state index >= 15 is 0 Å². The number of esters is 1. The molecule has 0 spiro atoms. The maximum absolute atomic E-state index is 12.4. The predicted octanol–water partition coefficient (Wildman–Crippen LogP) is 5.97. The average molecular weight is 340 g/mol. The van der Waals surface area contributed by atoms with Gasteiger partial charge < -0.3 is 4.74 Å². The SMILES string of the molecule is Cc1ccc2cc(COC(=O)c3ccc4cc(C)ccc4c3)ccc2c1. The van der Waals surface area contributed by atoms with Crippen molar-refractivity contribution in [1.82, 2.24) is 0 Å². The molecule has 0 radical (unpaired) electrons. The topological polar surface area (TPSA) is 26.3 Å². The van der Waals surface area contributed by atoms with Gasteiger partial charge in [0.05, 0.1) is 5.56 Å². The van der Waals surface area contributed by atoms with Gasteiger partial charge in [-0.05, 0) is 59.2 Å². The molecule has 2 heteroatoms. The molecule has 0 aliphatic carbocycles. The summed E-state index contributed by atoms with van der Waals surface area (Å²) in [7, 11) is 0. The first-order valence-electron chi connectivity index (χ1n) is 8.75. The molecule has 4 aromatic carbocycles. The number of hydrogen-bond donors (Lipinski definition) is 0. The summed E-state index contributed by atoms with van der Waals surface area (Å²) in [4.78, 5) is 12.4. The van der Waals surface area contributed by atoms with Gasteiger partial charge in [0.2, 0.25) is 0 Å². The van der Waals surface area contributed by atoms with Crippen molar-refractivity contribution in [3.8, 4) is 0 Å². The molecule has 0 heterocycles. The summed E-state index contributed by atoms with van der Waals surface area (Å²) in [5, 5.41) is 4.53. The second-order valence-corrected chi connectivity index (χ2v) is 6.83. The minimum absolute atomic E-state index is 0.272. The van der Waals surface area contributed by atoms with Crippen LogP contribution in [0.5, 0.6) is 0 Å². The van der Waals surface area contributed by atoms with Gasteiger partial charge in [-0.2, -0.15) is 0 Å². The zero-order valence-electron chi connectivity index (χ0n) is 15.0. The van der Waals surface area contributed by atoms with Crippen molar-refractivity contribution in [2.75, 3.05) is 0 Å². The third kappa shape index (κ3) is 3.31. The highest BCUT2D eigenvalue weighted by Crippen LogP contribution is 2.20. The maximum Gasteiger partial charge on any atom is 0.338 e. The lowest BCUT2D eigenvalue weighted by Gasteiger charge is -2.08. The molecule has 0 saturated carbocycles. The van der Waals surface area contributed by atoms with Crippen LogP contribution in [-0.4, -0.2) is 5.97 Å². The highest BCUT2D eigenvalue weighted by atomic mass is 16.5. The van der Waals surface area contributed by atoms with Crippen molar-refractivity contribution >= 4 is 27.5 Å². The molecular weight excluding hydrogens is 320 g/mol. The Balaban J connectivity index is 1.51. The van der Waals surface area contributed by atoms with Crippen molar-refractivity contribution in [3.05, 3.63) is 95.1 Å². The minimum Gasteiger partial charge on any atom is -0.457 e. The van der Waals surface area contributed by atoms with Crippen molar-refractivity contribution in [2.45, 2.75) is 20.5 Å². The lowest BCUT2D eigenvalue weighted by atomic mass is 10.0. The third-order valence-corrected chi connectivity index (χ3v) is 4.66. The van der Waals surface area contributed by atoms with E-state index in [1.54, 1.807) is 0 Å².